The molecule has 8 aliphatic carbocycles. The molecule has 1 heteroatoms. The molecule has 0 amide bonds. The summed E-state index contributed by atoms with van der Waals surface area (Å²) >= 11 is 0. The summed E-state index contributed by atoms with van der Waals surface area (Å²) in [7, 11) is -1.26. The van der Waals surface area contributed by atoms with E-state index < -0.39 is 8.07 Å². The van der Waals surface area contributed by atoms with Crippen LogP contribution in [0.4, 0.5) is 0 Å². The molecule has 8 rings (SSSR count). The van der Waals surface area contributed by atoms with Crippen molar-refractivity contribution in [3.63, 3.8) is 0 Å². The van der Waals surface area contributed by atoms with Crippen LogP contribution in [0.15, 0.2) is 0 Å². The van der Waals surface area contributed by atoms with Crippen molar-refractivity contribution in [2.45, 2.75) is 96.7 Å². The van der Waals surface area contributed by atoms with Gasteiger partial charge >= 0.3 is 0 Å². The third kappa shape index (κ3) is 3.95. The minimum absolute atomic E-state index is 0.0121. The Bertz CT molecular complexity index is 1010. The molecule has 8 aliphatic rings. The van der Waals surface area contributed by atoms with Gasteiger partial charge in [-0.15, -0.1) is 37.2 Å². The molecule has 0 aromatic heterocycles. The van der Waals surface area contributed by atoms with Crippen LogP contribution in [0.3, 0.4) is 0 Å². The van der Waals surface area contributed by atoms with Gasteiger partial charge in [0.1, 0.15) is 8.07 Å². The maximum atomic E-state index is 5.88. The van der Waals surface area contributed by atoms with Crippen molar-refractivity contribution < 1.29 is 0 Å². The maximum absolute atomic E-state index is 5.88. The summed E-state index contributed by atoms with van der Waals surface area (Å²) in [6, 6.07) is 0. The molecule has 0 spiro atoms. The lowest BCUT2D eigenvalue weighted by atomic mass is 9.40. The van der Waals surface area contributed by atoms with Crippen molar-refractivity contribution >= 4 is 8.07 Å². The molecule has 0 aromatic carbocycles. The number of rotatable bonds is 0. The fourth-order valence-corrected chi connectivity index (χ4v) is 10.5. The lowest BCUT2D eigenvalue weighted by molar-refractivity contribution is -0.0835. The molecule has 2 atom stereocenters. The highest BCUT2D eigenvalue weighted by molar-refractivity contribution is 6.83. The van der Waals surface area contributed by atoms with Gasteiger partial charge in [-0.25, -0.2) is 0 Å². The molecule has 0 aliphatic heterocycles. The Morgan fingerprint density at radius 2 is 0.882 bits per heavy atom. The van der Waals surface area contributed by atoms with Gasteiger partial charge in [0.15, 0.2) is 0 Å². The standard InChI is InChI=1S/C17H24Si.C16H16/c1-5-16-9-14-8-15(10-16)12-17(11-14,13-16)6-7-18(2,3)4;1-4-14-7-13-8-15(5-2,10-14)12-16(6-3,9-13)11-14/h1,14-15H,8-13H2,2-4H3;1-3,13H,7-12H2. The monoisotopic (exact) mass is 464 g/mol. The van der Waals surface area contributed by atoms with Crippen LogP contribution in [0, 0.1) is 106 Å². The van der Waals surface area contributed by atoms with Gasteiger partial charge in [0.05, 0.1) is 0 Å². The maximum Gasteiger partial charge on any atom is 0.129 e. The molecule has 0 nitrogen and oxygen atoms in total. The summed E-state index contributed by atoms with van der Waals surface area (Å²) in [5, 5.41) is 0. The first-order valence-corrected chi connectivity index (χ1v) is 16.9. The molecule has 8 fully saturated rings. The summed E-state index contributed by atoms with van der Waals surface area (Å²) in [5.74, 6) is 18.4. The zero-order chi connectivity index (χ0) is 24.5. The number of terminal acetylenes is 4. The highest BCUT2D eigenvalue weighted by atomic mass is 28.3. The lowest BCUT2D eigenvalue weighted by Gasteiger charge is -2.62. The van der Waals surface area contributed by atoms with Crippen molar-refractivity contribution in [2.24, 2.45) is 44.8 Å². The predicted molar refractivity (Wildman–Crippen MR) is 144 cm³/mol. The highest BCUT2D eigenvalue weighted by Crippen LogP contribution is 2.69. The summed E-state index contributed by atoms with van der Waals surface area (Å²) in [6.45, 7) is 7.03. The van der Waals surface area contributed by atoms with Crippen molar-refractivity contribution in [1.29, 1.82) is 0 Å². The van der Waals surface area contributed by atoms with Gasteiger partial charge in [-0.05, 0) is 94.8 Å². The smallest absolute Gasteiger partial charge is 0.129 e. The molecule has 2 unspecified atom stereocenters. The van der Waals surface area contributed by atoms with Gasteiger partial charge in [-0.2, -0.15) is 0 Å². The molecule has 0 aromatic rings. The van der Waals surface area contributed by atoms with Gasteiger partial charge < -0.3 is 0 Å². The van der Waals surface area contributed by atoms with E-state index in [0.717, 1.165) is 50.4 Å². The molecule has 0 heterocycles. The van der Waals surface area contributed by atoms with E-state index in [9.17, 15) is 0 Å². The third-order valence-corrected chi connectivity index (χ3v) is 10.9. The van der Waals surface area contributed by atoms with E-state index in [-0.39, 0.29) is 21.7 Å². The average Bonchev–Trinajstić information content (AvgIpc) is 2.76. The van der Waals surface area contributed by atoms with Crippen molar-refractivity contribution in [3.05, 3.63) is 0 Å². The molecule has 0 saturated heterocycles. The number of hydrogen-bond donors (Lipinski definition) is 0. The van der Waals surface area contributed by atoms with Crippen LogP contribution < -0.4 is 0 Å². The summed E-state index contributed by atoms with van der Waals surface area (Å²) in [4.78, 5) is 0. The summed E-state index contributed by atoms with van der Waals surface area (Å²) in [6.07, 6.45) is 37.5. The van der Waals surface area contributed by atoms with E-state index in [2.05, 4.69) is 54.8 Å². The summed E-state index contributed by atoms with van der Waals surface area (Å²) in [5.41, 5.74) is 4.20. The molecule has 176 valence electrons. The Hall–Kier alpha value is -1.98. The Balaban J connectivity index is 0.000000142. The zero-order valence-electron chi connectivity index (χ0n) is 21.5. The largest absolute Gasteiger partial charge is 0.131 e. The SMILES string of the molecule is C#CC12CC3CC(C#C)(C1)CC(C#C)(C3)C2.C#CC12CC3CC(C1)CC(C#C[Si](C)(C)C)(C3)C2. The Morgan fingerprint density at radius 3 is 1.26 bits per heavy atom. The van der Waals surface area contributed by atoms with Gasteiger partial charge in [0, 0.05) is 27.1 Å². The van der Waals surface area contributed by atoms with E-state index in [1.807, 2.05) is 0 Å². The lowest BCUT2D eigenvalue weighted by Crippen LogP contribution is -2.55. The molecule has 8 bridgehead atoms. The van der Waals surface area contributed by atoms with Crippen LogP contribution in [0.1, 0.15) is 77.0 Å². The van der Waals surface area contributed by atoms with Crippen LogP contribution in [-0.4, -0.2) is 8.07 Å². The van der Waals surface area contributed by atoms with E-state index in [1.165, 1.54) is 38.5 Å². The normalized spacial score (nSPS) is 48.7. The highest BCUT2D eigenvalue weighted by Gasteiger charge is 2.62. The van der Waals surface area contributed by atoms with Gasteiger partial charge in [-0.1, -0.05) is 43.3 Å². The van der Waals surface area contributed by atoms with E-state index >= 15 is 0 Å². The first-order chi connectivity index (χ1) is 15.9. The second-order valence-electron chi connectivity index (χ2n) is 14.4. The van der Waals surface area contributed by atoms with Gasteiger partial charge in [0.2, 0.25) is 0 Å². The van der Waals surface area contributed by atoms with Crippen molar-refractivity contribution in [2.75, 3.05) is 0 Å². The fourth-order valence-electron chi connectivity index (χ4n) is 9.82. The molecule has 34 heavy (non-hydrogen) atoms. The first-order valence-electron chi connectivity index (χ1n) is 13.4. The van der Waals surface area contributed by atoms with Crippen LogP contribution in [0.2, 0.25) is 19.6 Å². The Labute approximate surface area is 210 Å². The predicted octanol–water partition coefficient (Wildman–Crippen LogP) is 6.93. The first kappa shape index (κ1) is 23.7. The quantitative estimate of drug-likeness (QED) is 0.269. The van der Waals surface area contributed by atoms with Gasteiger partial charge in [0.25, 0.3) is 0 Å². The van der Waals surface area contributed by atoms with E-state index in [1.54, 1.807) is 0 Å². The van der Waals surface area contributed by atoms with Crippen LogP contribution in [-0.2, 0) is 0 Å². The topological polar surface area (TPSA) is 0 Å². The minimum Gasteiger partial charge on any atom is -0.131 e. The molecule has 0 radical (unpaired) electrons. The fraction of sp³-hybridized carbons (Fsp3) is 0.697. The second kappa shape index (κ2) is 7.51. The molecular weight excluding hydrogens is 424 g/mol. The second-order valence-corrected chi connectivity index (χ2v) is 19.2. The van der Waals surface area contributed by atoms with E-state index in [0.29, 0.717) is 11.3 Å². The molecular formula is C33H40Si. The molecule has 8 saturated carbocycles. The molecule has 0 N–H and O–H groups in total. The average molecular weight is 465 g/mol. The summed E-state index contributed by atoms with van der Waals surface area (Å²) < 4.78 is 0. The Morgan fingerprint density at radius 1 is 0.529 bits per heavy atom. The number of hydrogen-bond acceptors (Lipinski definition) is 0. The van der Waals surface area contributed by atoms with Gasteiger partial charge in [-0.3, -0.25) is 0 Å². The van der Waals surface area contributed by atoms with Crippen LogP contribution in [0.25, 0.3) is 0 Å². The van der Waals surface area contributed by atoms with Crippen LogP contribution >= 0.6 is 0 Å². The van der Waals surface area contributed by atoms with Crippen molar-refractivity contribution in [3.8, 4) is 60.8 Å². The minimum atomic E-state index is -1.26. The zero-order valence-corrected chi connectivity index (χ0v) is 22.5. The van der Waals surface area contributed by atoms with E-state index in [4.69, 9.17) is 25.7 Å². The third-order valence-electron chi connectivity index (χ3n) is 10.1. The van der Waals surface area contributed by atoms with Crippen molar-refractivity contribution in [1.82, 2.24) is 0 Å². The Kier molecular flexibility index (Phi) is 5.24. The van der Waals surface area contributed by atoms with Crippen LogP contribution in [0.5, 0.6) is 0 Å².